The van der Waals surface area contributed by atoms with Crippen molar-refractivity contribution >= 4 is 17.5 Å². The Morgan fingerprint density at radius 3 is 2.47 bits per heavy atom. The van der Waals surface area contributed by atoms with E-state index in [-0.39, 0.29) is 17.7 Å². The van der Waals surface area contributed by atoms with Gasteiger partial charge in [-0.15, -0.1) is 0 Å². The minimum absolute atomic E-state index is 0.0275. The van der Waals surface area contributed by atoms with Crippen LogP contribution in [-0.2, 0) is 27.3 Å². The van der Waals surface area contributed by atoms with Crippen molar-refractivity contribution in [1.82, 2.24) is 10.2 Å². The lowest BCUT2D eigenvalue weighted by atomic mass is 10.0. The first-order chi connectivity index (χ1) is 16.6. The van der Waals surface area contributed by atoms with Crippen molar-refractivity contribution in [3.05, 3.63) is 65.2 Å². The Hall–Kier alpha value is -2.70. The maximum Gasteiger partial charge on any atom is 0.230 e. The van der Waals surface area contributed by atoms with Crippen LogP contribution in [0.2, 0.25) is 0 Å². The van der Waals surface area contributed by atoms with E-state index in [1.165, 1.54) is 5.56 Å². The summed E-state index contributed by atoms with van der Waals surface area (Å²) < 4.78 is 5.36. The first-order valence-corrected chi connectivity index (χ1v) is 12.6. The minimum Gasteiger partial charge on any atom is -0.379 e. The van der Waals surface area contributed by atoms with Crippen LogP contribution in [0.3, 0.4) is 0 Å². The molecule has 1 aliphatic heterocycles. The van der Waals surface area contributed by atoms with Crippen molar-refractivity contribution in [1.29, 1.82) is 0 Å². The number of benzene rings is 2. The molecule has 2 aromatic carbocycles. The standard InChI is InChI=1S/C28H37N3O3/c1-22-5-4-6-24(19-22)21-31(28(33)25-7-2-3-8-25)26-11-9-23(10-12-26)20-27(32)29-13-14-30-15-17-34-18-16-30/h4-6,9-12,19,25H,2-3,7-8,13-18,20-21H2,1H3,(H,29,32). The Bertz CT molecular complexity index is 948. The highest BCUT2D eigenvalue weighted by Crippen LogP contribution is 2.30. The Kier molecular flexibility index (Phi) is 8.72. The van der Waals surface area contributed by atoms with Gasteiger partial charge in [0, 0.05) is 37.8 Å². The number of nitrogens with zero attached hydrogens (tertiary/aromatic N) is 2. The first-order valence-electron chi connectivity index (χ1n) is 12.6. The number of ether oxygens (including phenoxy) is 1. The highest BCUT2D eigenvalue weighted by molar-refractivity contribution is 5.95. The van der Waals surface area contributed by atoms with Crippen LogP contribution in [0, 0.1) is 12.8 Å². The van der Waals surface area contributed by atoms with E-state index in [1.54, 1.807) is 0 Å². The molecule has 182 valence electrons. The molecule has 4 rings (SSSR count). The van der Waals surface area contributed by atoms with E-state index in [0.29, 0.717) is 19.5 Å². The molecule has 2 aromatic rings. The van der Waals surface area contributed by atoms with Gasteiger partial charge in [0.15, 0.2) is 0 Å². The van der Waals surface area contributed by atoms with Crippen LogP contribution in [0.25, 0.3) is 0 Å². The number of hydrogen-bond acceptors (Lipinski definition) is 4. The van der Waals surface area contributed by atoms with E-state index in [1.807, 2.05) is 35.2 Å². The summed E-state index contributed by atoms with van der Waals surface area (Å²) in [6.45, 7) is 7.54. The van der Waals surface area contributed by atoms with Gasteiger partial charge in [-0.25, -0.2) is 0 Å². The van der Waals surface area contributed by atoms with Gasteiger partial charge >= 0.3 is 0 Å². The molecular weight excluding hydrogens is 426 g/mol. The maximum absolute atomic E-state index is 13.4. The van der Waals surface area contributed by atoms with Crippen LogP contribution in [0.5, 0.6) is 0 Å². The van der Waals surface area contributed by atoms with Crippen molar-refractivity contribution in [3.8, 4) is 0 Å². The molecule has 0 atom stereocenters. The zero-order valence-electron chi connectivity index (χ0n) is 20.3. The molecule has 0 spiro atoms. The normalized spacial score (nSPS) is 17.0. The van der Waals surface area contributed by atoms with Gasteiger partial charge in [-0.2, -0.15) is 0 Å². The third-order valence-corrected chi connectivity index (χ3v) is 6.86. The summed E-state index contributed by atoms with van der Waals surface area (Å²) in [6, 6.07) is 16.3. The molecule has 1 N–H and O–H groups in total. The first kappa shape index (κ1) is 24.4. The van der Waals surface area contributed by atoms with Crippen molar-refractivity contribution < 1.29 is 14.3 Å². The highest BCUT2D eigenvalue weighted by atomic mass is 16.5. The minimum atomic E-state index is 0.0275. The molecule has 0 bridgehead atoms. The fourth-order valence-electron chi connectivity index (χ4n) is 4.90. The van der Waals surface area contributed by atoms with Gasteiger partial charge < -0.3 is 15.0 Å². The summed E-state index contributed by atoms with van der Waals surface area (Å²) in [5.74, 6) is 0.356. The summed E-state index contributed by atoms with van der Waals surface area (Å²) >= 11 is 0. The summed E-state index contributed by atoms with van der Waals surface area (Å²) in [6.07, 6.45) is 4.57. The molecule has 1 aliphatic carbocycles. The summed E-state index contributed by atoms with van der Waals surface area (Å²) in [4.78, 5) is 30.0. The van der Waals surface area contributed by atoms with Gasteiger partial charge in [0.25, 0.3) is 0 Å². The number of morpholine rings is 1. The van der Waals surface area contributed by atoms with Crippen LogP contribution < -0.4 is 10.2 Å². The molecule has 0 unspecified atom stereocenters. The lowest BCUT2D eigenvalue weighted by molar-refractivity contribution is -0.122. The third kappa shape index (κ3) is 6.90. The average molecular weight is 464 g/mol. The van der Waals surface area contributed by atoms with Crippen LogP contribution in [-0.4, -0.2) is 56.1 Å². The predicted octanol–water partition coefficient (Wildman–Crippen LogP) is 3.71. The number of aryl methyl sites for hydroxylation is 1. The Labute approximate surface area is 203 Å². The van der Waals surface area contributed by atoms with Crippen LogP contribution >= 0.6 is 0 Å². The van der Waals surface area contributed by atoms with Gasteiger partial charge in [0.05, 0.1) is 26.2 Å². The molecule has 2 fully saturated rings. The SMILES string of the molecule is Cc1cccc(CN(C(=O)C2CCCC2)c2ccc(CC(=O)NCCN3CCOCC3)cc2)c1. The zero-order valence-corrected chi connectivity index (χ0v) is 20.3. The van der Waals surface area contributed by atoms with E-state index in [4.69, 9.17) is 4.74 Å². The number of carbonyl (C=O) groups excluding carboxylic acids is 2. The Balaban J connectivity index is 1.36. The molecule has 2 aliphatic rings. The molecule has 6 nitrogen and oxygen atoms in total. The summed E-state index contributed by atoms with van der Waals surface area (Å²) in [7, 11) is 0. The highest BCUT2D eigenvalue weighted by Gasteiger charge is 2.28. The Morgan fingerprint density at radius 1 is 1.03 bits per heavy atom. The van der Waals surface area contributed by atoms with Crippen LogP contribution in [0.15, 0.2) is 48.5 Å². The zero-order chi connectivity index (χ0) is 23.8. The van der Waals surface area contributed by atoms with Crippen molar-refractivity contribution in [2.45, 2.75) is 45.6 Å². The van der Waals surface area contributed by atoms with Crippen molar-refractivity contribution in [2.75, 3.05) is 44.3 Å². The van der Waals surface area contributed by atoms with Crippen molar-refractivity contribution in [3.63, 3.8) is 0 Å². The number of nitrogens with one attached hydrogen (secondary N) is 1. The number of amides is 2. The number of hydrogen-bond donors (Lipinski definition) is 1. The smallest absolute Gasteiger partial charge is 0.230 e. The van der Waals surface area contributed by atoms with Crippen LogP contribution in [0.1, 0.15) is 42.4 Å². The van der Waals surface area contributed by atoms with E-state index in [2.05, 4.69) is 35.3 Å². The van der Waals surface area contributed by atoms with Crippen LogP contribution in [0.4, 0.5) is 5.69 Å². The molecule has 1 heterocycles. The second-order valence-electron chi connectivity index (χ2n) is 9.54. The number of rotatable bonds is 9. The average Bonchev–Trinajstić information content (AvgIpc) is 3.39. The quantitative estimate of drug-likeness (QED) is 0.616. The molecule has 0 radical (unpaired) electrons. The van der Waals surface area contributed by atoms with Gasteiger partial charge in [0.1, 0.15) is 0 Å². The van der Waals surface area contributed by atoms with Gasteiger partial charge in [-0.05, 0) is 43.0 Å². The Morgan fingerprint density at radius 2 is 1.76 bits per heavy atom. The van der Waals surface area contributed by atoms with E-state index in [0.717, 1.165) is 75.3 Å². The summed E-state index contributed by atoms with van der Waals surface area (Å²) in [5, 5.41) is 3.02. The largest absolute Gasteiger partial charge is 0.379 e. The van der Waals surface area contributed by atoms with Gasteiger partial charge in [-0.3, -0.25) is 14.5 Å². The molecule has 34 heavy (non-hydrogen) atoms. The number of anilines is 1. The fraction of sp³-hybridized carbons (Fsp3) is 0.500. The molecule has 0 aromatic heterocycles. The monoisotopic (exact) mass is 463 g/mol. The molecule has 2 amide bonds. The molecule has 1 saturated carbocycles. The molecule has 1 saturated heterocycles. The maximum atomic E-state index is 13.4. The van der Waals surface area contributed by atoms with E-state index in [9.17, 15) is 9.59 Å². The van der Waals surface area contributed by atoms with Gasteiger partial charge in [0.2, 0.25) is 11.8 Å². The third-order valence-electron chi connectivity index (χ3n) is 6.86. The number of carbonyl (C=O) groups is 2. The second kappa shape index (κ2) is 12.1. The van der Waals surface area contributed by atoms with E-state index < -0.39 is 0 Å². The fourth-order valence-corrected chi connectivity index (χ4v) is 4.90. The topological polar surface area (TPSA) is 61.9 Å². The van der Waals surface area contributed by atoms with E-state index >= 15 is 0 Å². The van der Waals surface area contributed by atoms with Gasteiger partial charge in [-0.1, -0.05) is 54.8 Å². The second-order valence-corrected chi connectivity index (χ2v) is 9.54. The predicted molar refractivity (Wildman–Crippen MR) is 135 cm³/mol. The molecule has 6 heteroatoms. The summed E-state index contributed by atoms with van der Waals surface area (Å²) in [5.41, 5.74) is 4.18. The lowest BCUT2D eigenvalue weighted by Crippen LogP contribution is -2.41. The lowest BCUT2D eigenvalue weighted by Gasteiger charge is -2.26. The molecular formula is C28H37N3O3. The van der Waals surface area contributed by atoms with Crippen molar-refractivity contribution in [2.24, 2.45) is 5.92 Å².